The predicted molar refractivity (Wildman–Crippen MR) is 102 cm³/mol. The van der Waals surface area contributed by atoms with Gasteiger partial charge in [0.2, 0.25) is 0 Å². The summed E-state index contributed by atoms with van der Waals surface area (Å²) in [6.45, 7) is 1.76. The Bertz CT molecular complexity index is 909. The molecular formula is C18H22FN3O3S. The molecular weight excluding hydrogens is 357 g/mol. The molecule has 0 bridgehead atoms. The van der Waals surface area contributed by atoms with Gasteiger partial charge in [-0.1, -0.05) is 6.07 Å². The van der Waals surface area contributed by atoms with Crippen molar-refractivity contribution in [2.24, 2.45) is 7.05 Å². The molecule has 0 radical (unpaired) electrons. The van der Waals surface area contributed by atoms with Gasteiger partial charge in [0.05, 0.1) is 21.8 Å². The summed E-state index contributed by atoms with van der Waals surface area (Å²) in [6.07, 6.45) is 3.53. The Labute approximate surface area is 153 Å². The van der Waals surface area contributed by atoms with Gasteiger partial charge in [0.15, 0.2) is 0 Å². The molecule has 0 saturated heterocycles. The van der Waals surface area contributed by atoms with Gasteiger partial charge in [-0.2, -0.15) is 0 Å². The fourth-order valence-electron chi connectivity index (χ4n) is 2.76. The van der Waals surface area contributed by atoms with Gasteiger partial charge in [-0.3, -0.25) is 4.79 Å². The van der Waals surface area contributed by atoms with Crippen molar-refractivity contribution in [1.29, 1.82) is 0 Å². The van der Waals surface area contributed by atoms with E-state index in [0.29, 0.717) is 17.8 Å². The quantitative estimate of drug-likeness (QED) is 0.690. The Balaban J connectivity index is 1.91. The largest absolute Gasteiger partial charge is 0.396 e. The molecule has 2 aromatic rings. The number of anilines is 3. The van der Waals surface area contributed by atoms with Crippen LogP contribution in [0.15, 0.2) is 35.3 Å². The molecule has 6 nitrogen and oxygen atoms in total. The van der Waals surface area contributed by atoms with Gasteiger partial charge in [-0.25, -0.2) is 8.60 Å². The third-order valence-corrected chi connectivity index (χ3v) is 6.40. The van der Waals surface area contributed by atoms with Crippen LogP contribution in [0, 0.1) is 12.7 Å². The van der Waals surface area contributed by atoms with Crippen LogP contribution in [0.3, 0.4) is 0 Å². The van der Waals surface area contributed by atoms with E-state index in [0.717, 1.165) is 18.4 Å². The lowest BCUT2D eigenvalue weighted by Gasteiger charge is -2.19. The maximum Gasteiger partial charge on any atom is 0.252 e. The summed E-state index contributed by atoms with van der Waals surface area (Å²) in [5, 5.41) is 12.1. The van der Waals surface area contributed by atoms with Crippen molar-refractivity contribution in [3.8, 4) is 0 Å². The molecule has 1 fully saturated rings. The lowest BCUT2D eigenvalue weighted by atomic mass is 10.2. The van der Waals surface area contributed by atoms with E-state index < -0.39 is 21.5 Å². The highest BCUT2D eigenvalue weighted by Crippen LogP contribution is 2.45. The van der Waals surface area contributed by atoms with Crippen LogP contribution in [0.1, 0.15) is 24.8 Å². The molecule has 0 aliphatic heterocycles. The number of nitrogens with one attached hydrogen (secondary N) is 2. The Morgan fingerprint density at radius 1 is 1.27 bits per heavy atom. The first kappa shape index (κ1) is 18.6. The monoisotopic (exact) mass is 379 g/mol. The molecule has 1 aliphatic carbocycles. The van der Waals surface area contributed by atoms with Crippen molar-refractivity contribution in [2.75, 3.05) is 16.6 Å². The lowest BCUT2D eigenvalue weighted by Crippen LogP contribution is -2.26. The SMILES string of the molecule is Cc1ccc(Nc2cc(=O)n(C)cc2NS(=O)C2(CCO)CC2)c(F)c1. The average molecular weight is 379 g/mol. The summed E-state index contributed by atoms with van der Waals surface area (Å²) in [5.41, 5.74) is 1.54. The Morgan fingerprint density at radius 2 is 2.00 bits per heavy atom. The smallest absolute Gasteiger partial charge is 0.252 e. The Hall–Kier alpha value is -2.19. The maximum absolute atomic E-state index is 14.2. The first-order valence-electron chi connectivity index (χ1n) is 8.38. The first-order valence-corrected chi connectivity index (χ1v) is 9.53. The minimum Gasteiger partial charge on any atom is -0.396 e. The molecule has 0 spiro atoms. The molecule has 1 aromatic heterocycles. The lowest BCUT2D eigenvalue weighted by molar-refractivity contribution is 0.284. The molecule has 1 heterocycles. The Morgan fingerprint density at radius 3 is 2.62 bits per heavy atom. The summed E-state index contributed by atoms with van der Waals surface area (Å²) in [6, 6.07) is 6.09. The maximum atomic E-state index is 14.2. The number of aliphatic hydroxyl groups excluding tert-OH is 1. The second kappa shape index (κ2) is 7.20. The molecule has 3 N–H and O–H groups in total. The fourth-order valence-corrected chi connectivity index (χ4v) is 4.09. The van der Waals surface area contributed by atoms with Crippen LogP contribution in [0.25, 0.3) is 0 Å². The molecule has 1 unspecified atom stereocenters. The number of aliphatic hydroxyl groups is 1. The van der Waals surface area contributed by atoms with E-state index >= 15 is 0 Å². The molecule has 1 saturated carbocycles. The predicted octanol–water partition coefficient (Wildman–Crippen LogP) is 2.57. The van der Waals surface area contributed by atoms with E-state index in [1.54, 1.807) is 26.1 Å². The van der Waals surface area contributed by atoms with Crippen molar-refractivity contribution in [3.05, 3.63) is 52.2 Å². The van der Waals surface area contributed by atoms with Crippen LogP contribution in [-0.2, 0) is 18.0 Å². The molecule has 26 heavy (non-hydrogen) atoms. The van der Waals surface area contributed by atoms with E-state index in [1.807, 2.05) is 0 Å². The number of hydrogen-bond donors (Lipinski definition) is 3. The highest BCUT2D eigenvalue weighted by molar-refractivity contribution is 7.88. The summed E-state index contributed by atoms with van der Waals surface area (Å²) < 4.78 is 30.7. The molecule has 3 rings (SSSR count). The fraction of sp³-hybridized carbons (Fsp3) is 0.389. The highest BCUT2D eigenvalue weighted by atomic mass is 32.2. The van der Waals surface area contributed by atoms with Gasteiger partial charge in [0, 0.05) is 25.9 Å². The van der Waals surface area contributed by atoms with Crippen LogP contribution >= 0.6 is 0 Å². The Kier molecular flexibility index (Phi) is 5.15. The normalized spacial score (nSPS) is 16.2. The topological polar surface area (TPSA) is 83.4 Å². The highest BCUT2D eigenvalue weighted by Gasteiger charge is 2.48. The molecule has 8 heteroatoms. The van der Waals surface area contributed by atoms with Crippen molar-refractivity contribution >= 4 is 28.0 Å². The minimum absolute atomic E-state index is 0.0274. The summed E-state index contributed by atoms with van der Waals surface area (Å²) in [7, 11) is 0.169. The van der Waals surface area contributed by atoms with Crippen molar-refractivity contribution < 1.29 is 13.7 Å². The van der Waals surface area contributed by atoms with Gasteiger partial charge in [0.25, 0.3) is 5.56 Å². The molecule has 1 aliphatic rings. The number of halogens is 1. The van der Waals surface area contributed by atoms with Crippen molar-refractivity contribution in [2.45, 2.75) is 30.9 Å². The number of aryl methyl sites for hydroxylation is 2. The van der Waals surface area contributed by atoms with Gasteiger partial charge in [-0.15, -0.1) is 0 Å². The number of nitrogens with zero attached hydrogens (tertiary/aromatic N) is 1. The van der Waals surface area contributed by atoms with E-state index in [-0.39, 0.29) is 17.9 Å². The summed E-state index contributed by atoms with van der Waals surface area (Å²) in [5.74, 6) is -0.434. The zero-order valence-corrected chi connectivity index (χ0v) is 15.5. The van der Waals surface area contributed by atoms with E-state index in [9.17, 15) is 18.5 Å². The number of pyridine rings is 1. The van der Waals surface area contributed by atoms with E-state index in [1.165, 1.54) is 22.9 Å². The first-order chi connectivity index (χ1) is 12.3. The van der Waals surface area contributed by atoms with Crippen molar-refractivity contribution in [3.63, 3.8) is 0 Å². The third-order valence-electron chi connectivity index (χ3n) is 4.59. The number of benzene rings is 1. The standard InChI is InChI=1S/C18H22FN3O3S/c1-12-3-4-14(13(19)9-12)20-15-10-17(24)22(2)11-16(15)21-26(25)18(5-6-18)7-8-23/h3-4,9-11,20-21,23H,5-8H2,1-2H3. The zero-order valence-electron chi connectivity index (χ0n) is 14.7. The molecule has 0 amide bonds. The number of rotatable bonds is 7. The molecule has 1 aromatic carbocycles. The summed E-state index contributed by atoms with van der Waals surface area (Å²) >= 11 is 0. The second-order valence-electron chi connectivity index (χ2n) is 6.69. The van der Waals surface area contributed by atoms with Gasteiger partial charge >= 0.3 is 0 Å². The van der Waals surface area contributed by atoms with Crippen LogP contribution < -0.4 is 15.6 Å². The van der Waals surface area contributed by atoms with Gasteiger partial charge in [-0.05, 0) is 43.9 Å². The second-order valence-corrected chi connectivity index (χ2v) is 8.29. The van der Waals surface area contributed by atoms with Crippen molar-refractivity contribution in [1.82, 2.24) is 4.57 Å². The zero-order chi connectivity index (χ0) is 18.9. The number of hydrogen-bond acceptors (Lipinski definition) is 4. The number of aromatic nitrogens is 1. The van der Waals surface area contributed by atoms with Crippen LogP contribution in [0.5, 0.6) is 0 Å². The summed E-state index contributed by atoms with van der Waals surface area (Å²) in [4.78, 5) is 12.0. The van der Waals surface area contributed by atoms with Crippen LogP contribution in [0.4, 0.5) is 21.5 Å². The van der Waals surface area contributed by atoms with Crippen LogP contribution in [0.2, 0.25) is 0 Å². The van der Waals surface area contributed by atoms with E-state index in [4.69, 9.17) is 0 Å². The average Bonchev–Trinajstić information content (AvgIpc) is 3.36. The molecule has 1 atom stereocenters. The van der Waals surface area contributed by atoms with E-state index in [2.05, 4.69) is 10.0 Å². The third kappa shape index (κ3) is 3.81. The van der Waals surface area contributed by atoms with Gasteiger partial charge < -0.3 is 19.7 Å². The van der Waals surface area contributed by atoms with Gasteiger partial charge in [0.1, 0.15) is 16.8 Å². The van der Waals surface area contributed by atoms with Crippen LogP contribution in [-0.4, -0.2) is 25.2 Å². The minimum atomic E-state index is -1.42. The molecule has 140 valence electrons.